The summed E-state index contributed by atoms with van der Waals surface area (Å²) in [5, 5.41) is 37.1. The topological polar surface area (TPSA) is 128 Å². The van der Waals surface area contributed by atoms with Gasteiger partial charge in [0, 0.05) is 6.07 Å². The smallest absolute Gasteiger partial charge is 0.321 e. The van der Waals surface area contributed by atoms with Crippen molar-refractivity contribution in [1.82, 2.24) is 0 Å². The van der Waals surface area contributed by atoms with Gasteiger partial charge in [-0.1, -0.05) is 12.1 Å². The normalized spacial score (nSPS) is 38.8. The van der Waals surface area contributed by atoms with Gasteiger partial charge in [0.15, 0.2) is 0 Å². The molecule has 0 saturated heterocycles. The number of aliphatic hydroxyl groups excluding tert-OH is 1. The molecule has 1 aromatic rings. The van der Waals surface area contributed by atoms with E-state index in [1.165, 1.54) is 25.0 Å². The molecule has 0 bridgehead atoms. The fourth-order valence-electron chi connectivity index (χ4n) is 7.68. The number of aliphatic hydroxyl groups is 1. The van der Waals surface area contributed by atoms with Crippen molar-refractivity contribution >= 4 is 17.1 Å². The Balaban J connectivity index is 1.27. The van der Waals surface area contributed by atoms with Gasteiger partial charge in [0.25, 0.3) is 5.69 Å². The van der Waals surface area contributed by atoms with E-state index in [-0.39, 0.29) is 23.0 Å². The highest BCUT2D eigenvalue weighted by atomic mass is 16.7. The summed E-state index contributed by atoms with van der Waals surface area (Å²) >= 11 is 0. The van der Waals surface area contributed by atoms with Crippen molar-refractivity contribution in [3.05, 3.63) is 38.4 Å². The molecule has 33 heavy (non-hydrogen) atoms. The Bertz CT molecular complexity index is 996. The third kappa shape index (κ3) is 3.80. The van der Waals surface area contributed by atoms with E-state index in [1.54, 1.807) is 0 Å². The quantitative estimate of drug-likeness (QED) is 0.486. The van der Waals surface area contributed by atoms with Crippen molar-refractivity contribution < 1.29 is 19.8 Å². The standard InChI is InChI=1S/C24H31N3O6/c1-24-11-10-18-17-6-3-15(12-14(17)2-5-19(18)20(24)7-9-23(24)28)25-33-22-8-4-16(26(29)30)13-21(22)27(31)32/h4,8,13-14,17-20,23,28H,2-3,5-7,9-12H2,1H3/b25-15-/t14-,17-,18+,19+,20-,23-,24-/m0/s1. The number of rotatable bonds is 4. The zero-order valence-electron chi connectivity index (χ0n) is 18.9. The molecule has 7 atom stereocenters. The Morgan fingerprint density at radius 3 is 2.61 bits per heavy atom. The van der Waals surface area contributed by atoms with E-state index in [1.807, 2.05) is 0 Å². The monoisotopic (exact) mass is 457 g/mol. The maximum absolute atomic E-state index is 11.3. The molecule has 0 aliphatic heterocycles. The van der Waals surface area contributed by atoms with Crippen LogP contribution < -0.4 is 4.84 Å². The Morgan fingerprint density at radius 2 is 1.85 bits per heavy atom. The highest BCUT2D eigenvalue weighted by molar-refractivity contribution is 5.85. The van der Waals surface area contributed by atoms with Gasteiger partial charge in [0.05, 0.1) is 27.7 Å². The molecule has 9 nitrogen and oxygen atoms in total. The van der Waals surface area contributed by atoms with Crippen LogP contribution in [0.2, 0.25) is 0 Å². The average Bonchev–Trinajstić information content (AvgIpc) is 3.11. The van der Waals surface area contributed by atoms with Gasteiger partial charge in [-0.05, 0) is 98.9 Å². The van der Waals surface area contributed by atoms with Gasteiger partial charge in [-0.3, -0.25) is 20.2 Å². The van der Waals surface area contributed by atoms with Crippen LogP contribution in [-0.2, 0) is 0 Å². The summed E-state index contributed by atoms with van der Waals surface area (Å²) in [7, 11) is 0. The number of nitrogens with zero attached hydrogens (tertiary/aromatic N) is 3. The van der Waals surface area contributed by atoms with Gasteiger partial charge in [-0.15, -0.1) is 0 Å². The van der Waals surface area contributed by atoms with Crippen LogP contribution in [0.25, 0.3) is 0 Å². The van der Waals surface area contributed by atoms with Gasteiger partial charge in [-0.25, -0.2) is 0 Å². The van der Waals surface area contributed by atoms with Crippen LogP contribution in [0.1, 0.15) is 64.7 Å². The first-order valence-corrected chi connectivity index (χ1v) is 12.1. The van der Waals surface area contributed by atoms with Crippen molar-refractivity contribution in [2.75, 3.05) is 0 Å². The summed E-state index contributed by atoms with van der Waals surface area (Å²) in [5.74, 6) is 3.26. The summed E-state index contributed by atoms with van der Waals surface area (Å²) in [6.45, 7) is 2.30. The maximum atomic E-state index is 11.3. The molecule has 0 aromatic heterocycles. The Kier molecular flexibility index (Phi) is 5.63. The largest absolute Gasteiger partial charge is 0.393 e. The number of fused-ring (bicyclic) bond motifs is 5. The van der Waals surface area contributed by atoms with Crippen molar-refractivity contribution in [3.8, 4) is 5.75 Å². The summed E-state index contributed by atoms with van der Waals surface area (Å²) in [5.41, 5.74) is 0.214. The van der Waals surface area contributed by atoms with E-state index in [2.05, 4.69) is 12.1 Å². The Hall–Kier alpha value is -2.55. The second-order valence-corrected chi connectivity index (χ2v) is 10.7. The minimum absolute atomic E-state index is 0.0738. The van der Waals surface area contributed by atoms with Crippen molar-refractivity contribution in [2.45, 2.75) is 70.8 Å². The number of hydrogen-bond donors (Lipinski definition) is 1. The molecule has 9 heteroatoms. The molecule has 4 fully saturated rings. The second kappa shape index (κ2) is 8.34. The predicted octanol–water partition coefficient (Wildman–Crippen LogP) is 5.25. The average molecular weight is 458 g/mol. The molecule has 0 amide bonds. The number of nitro benzene ring substituents is 2. The van der Waals surface area contributed by atoms with E-state index in [9.17, 15) is 25.3 Å². The first kappa shape index (κ1) is 22.3. The summed E-state index contributed by atoms with van der Waals surface area (Å²) in [6.07, 6.45) is 9.37. The fourth-order valence-corrected chi connectivity index (χ4v) is 7.68. The molecule has 4 aliphatic rings. The predicted molar refractivity (Wildman–Crippen MR) is 121 cm³/mol. The Morgan fingerprint density at radius 1 is 1.03 bits per heavy atom. The molecule has 1 aromatic carbocycles. The van der Waals surface area contributed by atoms with Gasteiger partial charge < -0.3 is 9.94 Å². The molecule has 0 spiro atoms. The minimum atomic E-state index is -0.683. The van der Waals surface area contributed by atoms with Crippen molar-refractivity contribution in [3.63, 3.8) is 0 Å². The van der Waals surface area contributed by atoms with Gasteiger partial charge in [0.1, 0.15) is 0 Å². The number of oxime groups is 1. The molecule has 4 saturated carbocycles. The molecule has 0 heterocycles. The lowest BCUT2D eigenvalue weighted by Gasteiger charge is -2.55. The fraction of sp³-hybridized carbons (Fsp3) is 0.708. The highest BCUT2D eigenvalue weighted by Crippen LogP contribution is 2.62. The van der Waals surface area contributed by atoms with E-state index >= 15 is 0 Å². The highest BCUT2D eigenvalue weighted by Gasteiger charge is 2.56. The van der Waals surface area contributed by atoms with Crippen LogP contribution in [0.15, 0.2) is 23.4 Å². The lowest BCUT2D eigenvalue weighted by Crippen LogP contribution is -2.49. The lowest BCUT2D eigenvalue weighted by molar-refractivity contribution is -0.394. The van der Waals surface area contributed by atoms with Gasteiger partial charge >= 0.3 is 5.69 Å². The van der Waals surface area contributed by atoms with Crippen LogP contribution in [0.5, 0.6) is 5.75 Å². The van der Waals surface area contributed by atoms with Gasteiger partial charge in [0.2, 0.25) is 5.75 Å². The minimum Gasteiger partial charge on any atom is -0.393 e. The molecular formula is C24H31N3O6. The first-order valence-electron chi connectivity index (χ1n) is 12.1. The molecule has 5 rings (SSSR count). The number of nitro groups is 2. The molecular weight excluding hydrogens is 426 g/mol. The maximum Gasteiger partial charge on any atom is 0.321 e. The number of benzene rings is 1. The van der Waals surface area contributed by atoms with Crippen LogP contribution in [0.4, 0.5) is 11.4 Å². The van der Waals surface area contributed by atoms with Crippen molar-refractivity contribution in [1.29, 1.82) is 0 Å². The van der Waals surface area contributed by atoms with Crippen LogP contribution in [-0.4, -0.2) is 26.8 Å². The number of non-ortho nitro benzene ring substituents is 1. The summed E-state index contributed by atoms with van der Waals surface area (Å²) < 4.78 is 0. The molecule has 0 radical (unpaired) electrons. The molecule has 178 valence electrons. The Labute approximate surface area is 192 Å². The summed E-state index contributed by atoms with van der Waals surface area (Å²) in [4.78, 5) is 26.3. The van der Waals surface area contributed by atoms with E-state index in [0.717, 1.165) is 68.6 Å². The van der Waals surface area contributed by atoms with E-state index in [0.29, 0.717) is 17.8 Å². The van der Waals surface area contributed by atoms with Crippen LogP contribution in [0.3, 0.4) is 0 Å². The van der Waals surface area contributed by atoms with Gasteiger partial charge in [-0.2, -0.15) is 0 Å². The zero-order valence-corrected chi connectivity index (χ0v) is 18.9. The zero-order chi connectivity index (χ0) is 23.3. The van der Waals surface area contributed by atoms with Crippen LogP contribution >= 0.6 is 0 Å². The van der Waals surface area contributed by atoms with Crippen LogP contribution in [0, 0.1) is 55.2 Å². The summed E-state index contributed by atoms with van der Waals surface area (Å²) in [6, 6.07) is 3.34. The van der Waals surface area contributed by atoms with Crippen molar-refractivity contribution in [2.24, 2.45) is 40.2 Å². The second-order valence-electron chi connectivity index (χ2n) is 10.7. The lowest BCUT2D eigenvalue weighted by atomic mass is 9.50. The molecule has 4 aliphatic carbocycles. The molecule has 0 unspecified atom stereocenters. The number of hydrogen-bond acceptors (Lipinski definition) is 7. The SMILES string of the molecule is C[C@]12CC[C@H]3[C@@H](CC[C@H]4C/C(=N\Oc5ccc([N+](=O)[O-])cc5[N+](=O)[O-])CC[C@@H]43)[C@@H]1CC[C@@H]2O. The first-order chi connectivity index (χ1) is 15.8. The van der Waals surface area contributed by atoms with E-state index in [4.69, 9.17) is 4.84 Å². The van der Waals surface area contributed by atoms with E-state index < -0.39 is 15.5 Å². The third-order valence-corrected chi connectivity index (χ3v) is 9.36. The molecule has 1 N–H and O–H groups in total. The third-order valence-electron chi connectivity index (χ3n) is 9.36.